The monoisotopic (exact) mass is 330 g/mol. The lowest BCUT2D eigenvalue weighted by Crippen LogP contribution is -2.18. The summed E-state index contributed by atoms with van der Waals surface area (Å²) in [5.41, 5.74) is 3.68. The number of hydrogen-bond acceptors (Lipinski definition) is 3. The van der Waals surface area contributed by atoms with E-state index in [4.69, 9.17) is 0 Å². The zero-order valence-electron chi connectivity index (χ0n) is 13.5. The van der Waals surface area contributed by atoms with Crippen molar-refractivity contribution in [2.24, 2.45) is 0 Å². The van der Waals surface area contributed by atoms with Crippen molar-refractivity contribution >= 4 is 21.4 Å². The number of nitrogens with one attached hydrogen (secondary N) is 1. The number of anilines is 2. The number of nitrogens with zero attached hydrogens (tertiary/aromatic N) is 1. The lowest BCUT2D eigenvalue weighted by molar-refractivity contribution is 0.601. The zero-order valence-corrected chi connectivity index (χ0v) is 14.4. The van der Waals surface area contributed by atoms with Gasteiger partial charge in [0.05, 0.1) is 10.6 Å². The first-order valence-corrected chi connectivity index (χ1v) is 9.39. The summed E-state index contributed by atoms with van der Waals surface area (Å²) in [7, 11) is -3.56. The maximum Gasteiger partial charge on any atom is 0.261 e. The summed E-state index contributed by atoms with van der Waals surface area (Å²) >= 11 is 0. The fourth-order valence-corrected chi connectivity index (χ4v) is 3.93. The van der Waals surface area contributed by atoms with E-state index in [2.05, 4.69) is 15.7 Å². The van der Waals surface area contributed by atoms with E-state index >= 15 is 0 Å². The maximum absolute atomic E-state index is 12.6. The first-order chi connectivity index (χ1) is 11.0. The first kappa shape index (κ1) is 15.9. The molecule has 1 N–H and O–H groups in total. The highest BCUT2D eigenvalue weighted by Crippen LogP contribution is 2.27. The second kappa shape index (κ2) is 6.24. The highest BCUT2D eigenvalue weighted by Gasteiger charge is 2.17. The van der Waals surface area contributed by atoms with E-state index < -0.39 is 10.0 Å². The minimum Gasteiger partial charge on any atom is -0.371 e. The highest BCUT2D eigenvalue weighted by atomic mass is 32.2. The Kier molecular flexibility index (Phi) is 4.31. The molecule has 0 spiro atoms. The Balaban J connectivity index is 1.89. The molecule has 2 aromatic rings. The van der Waals surface area contributed by atoms with Crippen LogP contribution in [0.15, 0.2) is 47.4 Å². The second-order valence-corrected chi connectivity index (χ2v) is 7.79. The smallest absolute Gasteiger partial charge is 0.261 e. The van der Waals surface area contributed by atoms with Crippen LogP contribution in [0, 0.1) is 13.8 Å². The SMILES string of the molecule is Cc1ccc(S(=O)(=O)Nc2cc(N3CCCC3)ccc2C)cc1. The molecule has 1 fully saturated rings. The fourth-order valence-electron chi connectivity index (χ4n) is 2.81. The van der Waals surface area contributed by atoms with E-state index in [1.807, 2.05) is 38.1 Å². The first-order valence-electron chi connectivity index (χ1n) is 7.91. The van der Waals surface area contributed by atoms with Gasteiger partial charge in [-0.2, -0.15) is 0 Å². The fraction of sp³-hybridized carbons (Fsp3) is 0.333. The normalized spacial score (nSPS) is 15.0. The number of benzene rings is 2. The summed E-state index contributed by atoms with van der Waals surface area (Å²) in [6, 6.07) is 12.9. The van der Waals surface area contributed by atoms with Crippen LogP contribution in [-0.2, 0) is 10.0 Å². The second-order valence-electron chi connectivity index (χ2n) is 6.11. The van der Waals surface area contributed by atoms with Crippen LogP contribution >= 0.6 is 0 Å². The molecule has 5 heteroatoms. The van der Waals surface area contributed by atoms with Crippen molar-refractivity contribution in [3.05, 3.63) is 53.6 Å². The van der Waals surface area contributed by atoms with Gasteiger partial charge in [-0.15, -0.1) is 0 Å². The number of rotatable bonds is 4. The van der Waals surface area contributed by atoms with Gasteiger partial charge in [0, 0.05) is 18.8 Å². The number of hydrogen-bond donors (Lipinski definition) is 1. The minimum atomic E-state index is -3.56. The third-order valence-electron chi connectivity index (χ3n) is 4.27. The average molecular weight is 330 g/mol. The Hall–Kier alpha value is -2.01. The molecule has 122 valence electrons. The van der Waals surface area contributed by atoms with Crippen LogP contribution in [0.1, 0.15) is 24.0 Å². The number of aryl methyl sites for hydroxylation is 2. The van der Waals surface area contributed by atoms with E-state index in [-0.39, 0.29) is 4.90 Å². The van der Waals surface area contributed by atoms with Gasteiger partial charge >= 0.3 is 0 Å². The molecule has 0 radical (unpaired) electrons. The van der Waals surface area contributed by atoms with Gasteiger partial charge in [0.2, 0.25) is 0 Å². The molecule has 1 aliphatic rings. The van der Waals surface area contributed by atoms with Gasteiger partial charge in [-0.05, 0) is 56.5 Å². The van der Waals surface area contributed by atoms with Crippen molar-refractivity contribution in [3.63, 3.8) is 0 Å². The standard InChI is InChI=1S/C18H22N2O2S/c1-14-5-9-17(10-6-14)23(21,22)19-18-13-16(8-7-15(18)2)20-11-3-4-12-20/h5-10,13,19H,3-4,11-12H2,1-2H3. The lowest BCUT2D eigenvalue weighted by atomic mass is 10.2. The summed E-state index contributed by atoms with van der Waals surface area (Å²) < 4.78 is 27.9. The minimum absolute atomic E-state index is 0.286. The average Bonchev–Trinajstić information content (AvgIpc) is 3.04. The number of sulfonamides is 1. The van der Waals surface area contributed by atoms with Gasteiger partial charge in [0.15, 0.2) is 0 Å². The summed E-state index contributed by atoms with van der Waals surface area (Å²) in [6.07, 6.45) is 2.39. The van der Waals surface area contributed by atoms with Crippen molar-refractivity contribution < 1.29 is 8.42 Å². The molecule has 0 atom stereocenters. The largest absolute Gasteiger partial charge is 0.371 e. The molecule has 0 amide bonds. The maximum atomic E-state index is 12.6. The van der Waals surface area contributed by atoms with E-state index in [9.17, 15) is 8.42 Å². The molecule has 23 heavy (non-hydrogen) atoms. The van der Waals surface area contributed by atoms with Gasteiger partial charge in [-0.1, -0.05) is 23.8 Å². The summed E-state index contributed by atoms with van der Waals surface area (Å²) in [4.78, 5) is 2.58. The van der Waals surface area contributed by atoms with Crippen molar-refractivity contribution in [2.45, 2.75) is 31.6 Å². The van der Waals surface area contributed by atoms with Gasteiger partial charge < -0.3 is 4.90 Å². The Morgan fingerprint density at radius 1 is 0.957 bits per heavy atom. The van der Waals surface area contributed by atoms with Crippen molar-refractivity contribution in [1.82, 2.24) is 0 Å². The molecular formula is C18H22N2O2S. The molecule has 0 aliphatic carbocycles. The Morgan fingerprint density at radius 2 is 1.61 bits per heavy atom. The lowest BCUT2D eigenvalue weighted by Gasteiger charge is -2.20. The molecule has 1 saturated heterocycles. The molecule has 1 heterocycles. The molecular weight excluding hydrogens is 308 g/mol. The Labute approximate surface area is 138 Å². The Bertz CT molecular complexity index is 792. The highest BCUT2D eigenvalue weighted by molar-refractivity contribution is 7.92. The van der Waals surface area contributed by atoms with Crippen LogP contribution in [-0.4, -0.2) is 21.5 Å². The van der Waals surface area contributed by atoms with E-state index in [0.29, 0.717) is 5.69 Å². The zero-order chi connectivity index (χ0) is 16.4. The van der Waals surface area contributed by atoms with Crippen molar-refractivity contribution in [2.75, 3.05) is 22.7 Å². The van der Waals surface area contributed by atoms with E-state index in [1.165, 1.54) is 12.8 Å². The molecule has 2 aromatic carbocycles. The van der Waals surface area contributed by atoms with Crippen LogP contribution in [0.4, 0.5) is 11.4 Å². The Morgan fingerprint density at radius 3 is 2.26 bits per heavy atom. The van der Waals surface area contributed by atoms with Crippen LogP contribution in [0.2, 0.25) is 0 Å². The van der Waals surface area contributed by atoms with Crippen LogP contribution in [0.25, 0.3) is 0 Å². The third kappa shape index (κ3) is 3.50. The van der Waals surface area contributed by atoms with Gasteiger partial charge in [0.1, 0.15) is 0 Å². The van der Waals surface area contributed by atoms with Gasteiger partial charge in [-0.25, -0.2) is 8.42 Å². The summed E-state index contributed by atoms with van der Waals surface area (Å²) in [5.74, 6) is 0. The molecule has 0 aromatic heterocycles. The molecule has 0 unspecified atom stereocenters. The topological polar surface area (TPSA) is 49.4 Å². The van der Waals surface area contributed by atoms with Gasteiger partial charge in [-0.3, -0.25) is 4.72 Å². The third-order valence-corrected chi connectivity index (χ3v) is 5.65. The van der Waals surface area contributed by atoms with Crippen molar-refractivity contribution in [1.29, 1.82) is 0 Å². The molecule has 0 bridgehead atoms. The molecule has 1 aliphatic heterocycles. The predicted molar refractivity (Wildman–Crippen MR) is 94.6 cm³/mol. The summed E-state index contributed by atoms with van der Waals surface area (Å²) in [5, 5.41) is 0. The molecule has 0 saturated carbocycles. The van der Waals surface area contributed by atoms with Crippen LogP contribution < -0.4 is 9.62 Å². The summed E-state index contributed by atoms with van der Waals surface area (Å²) in [6.45, 7) is 5.93. The quantitative estimate of drug-likeness (QED) is 0.930. The van der Waals surface area contributed by atoms with E-state index in [1.54, 1.807) is 12.1 Å². The molecule has 4 nitrogen and oxygen atoms in total. The van der Waals surface area contributed by atoms with Crippen LogP contribution in [0.3, 0.4) is 0 Å². The predicted octanol–water partition coefficient (Wildman–Crippen LogP) is 3.70. The van der Waals surface area contributed by atoms with E-state index in [0.717, 1.165) is 29.9 Å². The van der Waals surface area contributed by atoms with Crippen molar-refractivity contribution in [3.8, 4) is 0 Å². The van der Waals surface area contributed by atoms with Crippen LogP contribution in [0.5, 0.6) is 0 Å². The van der Waals surface area contributed by atoms with Gasteiger partial charge in [0.25, 0.3) is 10.0 Å². The molecule has 3 rings (SSSR count).